The highest BCUT2D eigenvalue weighted by atomic mass is 19.4. The second-order valence-corrected chi connectivity index (χ2v) is 7.81. The number of benzene rings is 1. The van der Waals surface area contributed by atoms with E-state index in [1.165, 1.54) is 24.3 Å². The highest BCUT2D eigenvalue weighted by molar-refractivity contribution is 5.78. The molecule has 0 saturated carbocycles. The Morgan fingerprint density at radius 3 is 2.21 bits per heavy atom. The van der Waals surface area contributed by atoms with E-state index in [1.54, 1.807) is 4.90 Å². The van der Waals surface area contributed by atoms with Gasteiger partial charge in [0.05, 0.1) is 12.1 Å². The van der Waals surface area contributed by atoms with E-state index in [9.17, 15) is 22.8 Å². The van der Waals surface area contributed by atoms with Crippen molar-refractivity contribution in [2.75, 3.05) is 32.7 Å². The zero-order valence-electron chi connectivity index (χ0n) is 18.3. The lowest BCUT2D eigenvalue weighted by atomic mass is 10.3. The molecule has 0 atom stereocenters. The van der Waals surface area contributed by atoms with Crippen LogP contribution in [0.15, 0.2) is 42.6 Å². The highest BCUT2D eigenvalue weighted by Crippen LogP contribution is 2.30. The number of hydrogen-bond acceptors (Lipinski definition) is 6. The van der Waals surface area contributed by atoms with Gasteiger partial charge in [0, 0.05) is 44.5 Å². The molecule has 0 bridgehead atoms. The maximum atomic E-state index is 12.6. The standard InChI is InChI=1S/C22H25F3N4O4/c1-15(2)27-19(30)14-28-9-11-29(12-10-28)21(31)33-18-6-4-17(5-7-18)32-20-8-3-16(13-26-20)22(23,24)25/h3-8,13,15H,9-12,14H2,1-2H3,(H,27,30). The summed E-state index contributed by atoms with van der Waals surface area (Å²) in [7, 11) is 0. The number of nitrogens with one attached hydrogen (secondary N) is 1. The summed E-state index contributed by atoms with van der Waals surface area (Å²) in [6, 6.07) is 8.17. The second kappa shape index (κ2) is 10.5. The molecule has 0 aliphatic carbocycles. The Morgan fingerprint density at radius 1 is 1.03 bits per heavy atom. The van der Waals surface area contributed by atoms with Crippen LogP contribution < -0.4 is 14.8 Å². The summed E-state index contributed by atoms with van der Waals surface area (Å²) >= 11 is 0. The largest absolute Gasteiger partial charge is 0.439 e. The van der Waals surface area contributed by atoms with E-state index >= 15 is 0 Å². The van der Waals surface area contributed by atoms with E-state index in [2.05, 4.69) is 10.3 Å². The quantitative estimate of drug-likeness (QED) is 0.701. The molecule has 1 aliphatic rings. The van der Waals surface area contributed by atoms with E-state index in [-0.39, 0.29) is 24.4 Å². The van der Waals surface area contributed by atoms with Gasteiger partial charge < -0.3 is 19.7 Å². The molecule has 33 heavy (non-hydrogen) atoms. The summed E-state index contributed by atoms with van der Waals surface area (Å²) in [6.07, 6.45) is -4.27. The number of carbonyl (C=O) groups is 2. The van der Waals surface area contributed by atoms with Crippen molar-refractivity contribution in [3.8, 4) is 17.4 Å². The topological polar surface area (TPSA) is 84.0 Å². The Bertz CT molecular complexity index is 942. The summed E-state index contributed by atoms with van der Waals surface area (Å²) in [5.41, 5.74) is -0.864. The molecule has 1 N–H and O–H groups in total. The van der Waals surface area contributed by atoms with Crippen LogP contribution in [0.25, 0.3) is 0 Å². The highest BCUT2D eigenvalue weighted by Gasteiger charge is 2.30. The molecule has 1 aromatic carbocycles. The Morgan fingerprint density at radius 2 is 1.67 bits per heavy atom. The van der Waals surface area contributed by atoms with Crippen LogP contribution in [0.5, 0.6) is 17.4 Å². The van der Waals surface area contributed by atoms with Crippen LogP contribution in [-0.2, 0) is 11.0 Å². The molecule has 1 aromatic heterocycles. The molecule has 1 aliphatic heterocycles. The molecule has 2 aromatic rings. The van der Waals surface area contributed by atoms with Crippen molar-refractivity contribution in [1.29, 1.82) is 0 Å². The first kappa shape index (κ1) is 24.3. The Labute approximate surface area is 189 Å². The van der Waals surface area contributed by atoms with Crippen molar-refractivity contribution in [3.63, 3.8) is 0 Å². The molecular formula is C22H25F3N4O4. The summed E-state index contributed by atoms with van der Waals surface area (Å²) in [6.45, 7) is 6.09. The molecule has 0 spiro atoms. The van der Waals surface area contributed by atoms with E-state index in [0.29, 0.717) is 43.9 Å². The number of hydrogen-bond donors (Lipinski definition) is 1. The van der Waals surface area contributed by atoms with Crippen LogP contribution in [0.4, 0.5) is 18.0 Å². The van der Waals surface area contributed by atoms with Gasteiger partial charge in [-0.1, -0.05) is 0 Å². The lowest BCUT2D eigenvalue weighted by molar-refractivity contribution is -0.137. The number of carbonyl (C=O) groups excluding carboxylic acids is 2. The first-order chi connectivity index (χ1) is 15.6. The molecule has 11 heteroatoms. The first-order valence-electron chi connectivity index (χ1n) is 10.4. The van der Waals surface area contributed by atoms with Crippen molar-refractivity contribution >= 4 is 12.0 Å². The molecule has 0 unspecified atom stereocenters. The molecule has 8 nitrogen and oxygen atoms in total. The third kappa shape index (κ3) is 7.35. The first-order valence-corrected chi connectivity index (χ1v) is 10.4. The number of rotatable bonds is 6. The van der Waals surface area contributed by atoms with Crippen molar-refractivity contribution in [3.05, 3.63) is 48.2 Å². The van der Waals surface area contributed by atoms with Crippen LogP contribution in [0.2, 0.25) is 0 Å². The van der Waals surface area contributed by atoms with E-state index in [0.717, 1.165) is 12.1 Å². The zero-order chi connectivity index (χ0) is 24.0. The lowest BCUT2D eigenvalue weighted by Crippen LogP contribution is -2.52. The summed E-state index contributed by atoms with van der Waals surface area (Å²) in [5.74, 6) is 0.587. The number of nitrogens with zero attached hydrogens (tertiary/aromatic N) is 3. The van der Waals surface area contributed by atoms with Crippen molar-refractivity contribution in [2.45, 2.75) is 26.1 Å². The summed E-state index contributed by atoms with van der Waals surface area (Å²) < 4.78 is 48.6. The average molecular weight is 466 g/mol. The SMILES string of the molecule is CC(C)NC(=O)CN1CCN(C(=O)Oc2ccc(Oc3ccc(C(F)(F)F)cn3)cc2)CC1. The molecule has 0 radical (unpaired) electrons. The number of alkyl halides is 3. The van der Waals surface area contributed by atoms with Gasteiger partial charge in [0.1, 0.15) is 11.5 Å². The fourth-order valence-corrected chi connectivity index (χ4v) is 3.13. The molecule has 3 rings (SSSR count). The Kier molecular flexibility index (Phi) is 7.75. The van der Waals surface area contributed by atoms with Crippen LogP contribution in [0.1, 0.15) is 19.4 Å². The van der Waals surface area contributed by atoms with E-state index < -0.39 is 17.8 Å². The smallest absolute Gasteiger partial charge is 0.417 e. The number of amides is 2. The monoisotopic (exact) mass is 466 g/mol. The van der Waals surface area contributed by atoms with E-state index in [1.807, 2.05) is 18.7 Å². The van der Waals surface area contributed by atoms with Gasteiger partial charge in [-0.25, -0.2) is 9.78 Å². The van der Waals surface area contributed by atoms with Gasteiger partial charge in [-0.2, -0.15) is 13.2 Å². The number of piperazine rings is 1. The minimum absolute atomic E-state index is 0.00712. The third-order valence-corrected chi connectivity index (χ3v) is 4.76. The number of ether oxygens (including phenoxy) is 2. The Balaban J connectivity index is 1.46. The molecule has 2 heterocycles. The number of halogens is 3. The van der Waals surface area contributed by atoms with Crippen molar-refractivity contribution < 1.29 is 32.2 Å². The third-order valence-electron chi connectivity index (χ3n) is 4.76. The minimum atomic E-state index is -4.47. The van der Waals surface area contributed by atoms with Gasteiger partial charge in [-0.15, -0.1) is 0 Å². The van der Waals surface area contributed by atoms with Gasteiger partial charge in [-0.05, 0) is 44.2 Å². The van der Waals surface area contributed by atoms with Crippen LogP contribution in [0, 0.1) is 0 Å². The molecule has 1 fully saturated rings. The predicted octanol–water partition coefficient (Wildman–Crippen LogP) is 3.53. The van der Waals surface area contributed by atoms with Gasteiger partial charge in [0.25, 0.3) is 0 Å². The van der Waals surface area contributed by atoms with Crippen LogP contribution >= 0.6 is 0 Å². The summed E-state index contributed by atoms with van der Waals surface area (Å²) in [4.78, 5) is 31.4. The summed E-state index contributed by atoms with van der Waals surface area (Å²) in [5, 5.41) is 2.84. The number of pyridine rings is 1. The van der Waals surface area contributed by atoms with Gasteiger partial charge in [-0.3, -0.25) is 9.69 Å². The molecular weight excluding hydrogens is 441 g/mol. The fourth-order valence-electron chi connectivity index (χ4n) is 3.13. The van der Waals surface area contributed by atoms with Crippen molar-refractivity contribution in [1.82, 2.24) is 20.1 Å². The fraction of sp³-hybridized carbons (Fsp3) is 0.409. The number of aromatic nitrogens is 1. The molecule has 1 saturated heterocycles. The van der Waals surface area contributed by atoms with Crippen LogP contribution in [-0.4, -0.2) is 65.5 Å². The molecule has 2 amide bonds. The van der Waals surface area contributed by atoms with Gasteiger partial charge in [0.15, 0.2) is 0 Å². The van der Waals surface area contributed by atoms with Crippen molar-refractivity contribution in [2.24, 2.45) is 0 Å². The Hall–Kier alpha value is -3.34. The van der Waals surface area contributed by atoms with Crippen LogP contribution in [0.3, 0.4) is 0 Å². The maximum absolute atomic E-state index is 12.6. The van der Waals surface area contributed by atoms with Gasteiger partial charge in [0.2, 0.25) is 11.8 Å². The molecule has 178 valence electrons. The maximum Gasteiger partial charge on any atom is 0.417 e. The zero-order valence-corrected chi connectivity index (χ0v) is 18.3. The minimum Gasteiger partial charge on any atom is -0.439 e. The normalized spacial score (nSPS) is 14.8. The van der Waals surface area contributed by atoms with E-state index in [4.69, 9.17) is 9.47 Å². The second-order valence-electron chi connectivity index (χ2n) is 7.81. The average Bonchev–Trinajstić information content (AvgIpc) is 2.75. The lowest BCUT2D eigenvalue weighted by Gasteiger charge is -2.33. The predicted molar refractivity (Wildman–Crippen MR) is 113 cm³/mol. The van der Waals surface area contributed by atoms with Gasteiger partial charge >= 0.3 is 12.3 Å².